The predicted molar refractivity (Wildman–Crippen MR) is 108 cm³/mol. The zero-order valence-electron chi connectivity index (χ0n) is 15.0. The maximum Gasteiger partial charge on any atom is 0.162 e. The van der Waals surface area contributed by atoms with Gasteiger partial charge in [0.15, 0.2) is 11.5 Å². The molecule has 4 rings (SSSR count). The maximum atomic E-state index is 5.74. The second-order valence-electron chi connectivity index (χ2n) is 6.39. The number of aromatic nitrogens is 4. The van der Waals surface area contributed by atoms with E-state index in [2.05, 4.69) is 49.9 Å². The molecule has 2 aromatic heterocycles. The van der Waals surface area contributed by atoms with Crippen molar-refractivity contribution >= 4 is 28.4 Å². The smallest absolute Gasteiger partial charge is 0.162 e. The minimum Gasteiger partial charge on any atom is -0.399 e. The van der Waals surface area contributed by atoms with Crippen LogP contribution in [0.25, 0.3) is 11.0 Å². The molecule has 0 spiro atoms. The van der Waals surface area contributed by atoms with Gasteiger partial charge in [-0.2, -0.15) is 5.10 Å². The third-order valence-electron chi connectivity index (χ3n) is 4.45. The molecule has 0 fully saturated rings. The molecule has 0 saturated heterocycles. The Morgan fingerprint density at radius 2 is 1.78 bits per heavy atom. The van der Waals surface area contributed by atoms with Crippen LogP contribution in [0.2, 0.25) is 0 Å². The lowest BCUT2D eigenvalue weighted by Gasteiger charge is -2.15. The fraction of sp³-hybridized carbons (Fsp3) is 0.150. The number of nitrogens with two attached hydrogens (primary N) is 1. The fourth-order valence-corrected chi connectivity index (χ4v) is 2.95. The van der Waals surface area contributed by atoms with Gasteiger partial charge in [-0.3, -0.25) is 5.10 Å². The van der Waals surface area contributed by atoms with Crippen molar-refractivity contribution in [2.24, 2.45) is 0 Å². The Morgan fingerprint density at radius 1 is 1.00 bits per heavy atom. The summed E-state index contributed by atoms with van der Waals surface area (Å²) in [7, 11) is 0. The zero-order chi connectivity index (χ0) is 18.6. The van der Waals surface area contributed by atoms with Gasteiger partial charge in [0.2, 0.25) is 0 Å². The van der Waals surface area contributed by atoms with E-state index in [1.807, 2.05) is 42.5 Å². The first kappa shape index (κ1) is 16.8. The summed E-state index contributed by atoms with van der Waals surface area (Å²) >= 11 is 0. The van der Waals surface area contributed by atoms with Crippen molar-refractivity contribution in [2.75, 3.05) is 16.4 Å². The molecule has 0 aliphatic heterocycles. The minimum absolute atomic E-state index is 0.101. The van der Waals surface area contributed by atoms with Crippen molar-refractivity contribution in [2.45, 2.75) is 19.5 Å². The Morgan fingerprint density at radius 3 is 2.56 bits per heavy atom. The van der Waals surface area contributed by atoms with Crippen LogP contribution in [0.1, 0.15) is 24.1 Å². The van der Waals surface area contributed by atoms with Gasteiger partial charge in [-0.05, 0) is 30.2 Å². The van der Waals surface area contributed by atoms with E-state index in [0.29, 0.717) is 18.0 Å². The average Bonchev–Trinajstić information content (AvgIpc) is 3.12. The van der Waals surface area contributed by atoms with Crippen LogP contribution in [-0.4, -0.2) is 20.2 Å². The molecular weight excluding hydrogens is 338 g/mol. The van der Waals surface area contributed by atoms with Crippen molar-refractivity contribution < 1.29 is 0 Å². The number of benzene rings is 2. The van der Waals surface area contributed by atoms with Crippen LogP contribution in [-0.2, 0) is 6.54 Å². The molecule has 7 nitrogen and oxygen atoms in total. The number of nitrogen functional groups attached to an aromatic ring is 1. The second kappa shape index (κ2) is 7.33. The number of anilines is 3. The first-order valence-corrected chi connectivity index (χ1v) is 8.79. The van der Waals surface area contributed by atoms with E-state index in [4.69, 9.17) is 5.73 Å². The number of nitrogens with one attached hydrogen (secondary N) is 3. The Balaban J connectivity index is 1.58. The number of aromatic amines is 1. The number of H-pyrrole nitrogens is 1. The molecule has 0 unspecified atom stereocenters. The number of hydrogen-bond acceptors (Lipinski definition) is 6. The van der Waals surface area contributed by atoms with Crippen LogP contribution in [0.4, 0.5) is 17.3 Å². The lowest BCUT2D eigenvalue weighted by atomic mass is 10.1. The van der Waals surface area contributed by atoms with E-state index in [9.17, 15) is 0 Å². The van der Waals surface area contributed by atoms with Crippen LogP contribution < -0.4 is 16.4 Å². The van der Waals surface area contributed by atoms with Crippen molar-refractivity contribution in [3.8, 4) is 0 Å². The summed E-state index contributed by atoms with van der Waals surface area (Å²) in [5, 5.41) is 15.0. The van der Waals surface area contributed by atoms with E-state index in [1.165, 1.54) is 11.9 Å². The van der Waals surface area contributed by atoms with Crippen molar-refractivity contribution in [3.63, 3.8) is 0 Å². The second-order valence-corrected chi connectivity index (χ2v) is 6.39. The molecule has 2 aromatic carbocycles. The highest BCUT2D eigenvalue weighted by atomic mass is 15.2. The summed E-state index contributed by atoms with van der Waals surface area (Å²) in [6, 6.07) is 18.1. The van der Waals surface area contributed by atoms with E-state index < -0.39 is 0 Å². The summed E-state index contributed by atoms with van der Waals surface area (Å²) in [6.07, 6.45) is 1.53. The lowest BCUT2D eigenvalue weighted by molar-refractivity contribution is 0.876. The standard InChI is InChI=1S/C20H21N7/c1-13(15-5-3-2-4-6-15)25-18-17-19(26-27-20(17)24-12-23-18)22-11-14-7-9-16(21)10-8-14/h2-10,12-13H,11,21H2,1H3,(H3,22,23,24,25,26,27)/t13-/m1/s1. The van der Waals surface area contributed by atoms with Gasteiger partial charge >= 0.3 is 0 Å². The molecule has 4 aromatic rings. The normalized spacial score (nSPS) is 12.0. The number of fused-ring (bicyclic) bond motifs is 1. The molecule has 136 valence electrons. The Kier molecular flexibility index (Phi) is 4.57. The monoisotopic (exact) mass is 359 g/mol. The van der Waals surface area contributed by atoms with E-state index in [1.54, 1.807) is 0 Å². The largest absolute Gasteiger partial charge is 0.399 e. The van der Waals surface area contributed by atoms with Crippen LogP contribution in [0, 0.1) is 0 Å². The summed E-state index contributed by atoms with van der Waals surface area (Å²) in [6.45, 7) is 2.73. The van der Waals surface area contributed by atoms with Crippen LogP contribution in [0.3, 0.4) is 0 Å². The topological polar surface area (TPSA) is 105 Å². The molecule has 5 N–H and O–H groups in total. The molecule has 0 amide bonds. The van der Waals surface area contributed by atoms with Crippen LogP contribution in [0.5, 0.6) is 0 Å². The van der Waals surface area contributed by atoms with Crippen LogP contribution in [0.15, 0.2) is 60.9 Å². The Labute approximate surface area is 157 Å². The molecule has 0 saturated carbocycles. The van der Waals surface area contributed by atoms with Crippen molar-refractivity contribution in [3.05, 3.63) is 72.1 Å². The highest BCUT2D eigenvalue weighted by Crippen LogP contribution is 2.28. The molecule has 1 atom stereocenters. The van der Waals surface area contributed by atoms with Gasteiger partial charge in [-0.25, -0.2) is 9.97 Å². The molecule has 0 aliphatic carbocycles. The van der Waals surface area contributed by atoms with Gasteiger partial charge in [-0.1, -0.05) is 42.5 Å². The minimum atomic E-state index is 0.101. The van der Waals surface area contributed by atoms with Crippen molar-refractivity contribution in [1.29, 1.82) is 0 Å². The highest BCUT2D eigenvalue weighted by Gasteiger charge is 2.15. The Hall–Kier alpha value is -3.61. The molecule has 7 heteroatoms. The number of nitrogens with zero attached hydrogens (tertiary/aromatic N) is 3. The maximum absolute atomic E-state index is 5.74. The van der Waals surface area contributed by atoms with Gasteiger partial charge in [0.05, 0.1) is 0 Å². The Bertz CT molecular complexity index is 1030. The van der Waals surface area contributed by atoms with E-state index in [0.717, 1.165) is 22.5 Å². The fourth-order valence-electron chi connectivity index (χ4n) is 2.95. The van der Waals surface area contributed by atoms with Crippen molar-refractivity contribution in [1.82, 2.24) is 20.2 Å². The predicted octanol–water partition coefficient (Wildman–Crippen LogP) is 3.72. The van der Waals surface area contributed by atoms with Crippen LogP contribution >= 0.6 is 0 Å². The SMILES string of the molecule is C[C@@H](Nc1ncnc2[nH]nc(NCc3ccc(N)cc3)c12)c1ccccc1. The van der Waals surface area contributed by atoms with E-state index in [-0.39, 0.29) is 6.04 Å². The highest BCUT2D eigenvalue weighted by molar-refractivity contribution is 5.96. The summed E-state index contributed by atoms with van der Waals surface area (Å²) in [5.74, 6) is 1.45. The average molecular weight is 359 g/mol. The summed E-state index contributed by atoms with van der Waals surface area (Å²) < 4.78 is 0. The third-order valence-corrected chi connectivity index (χ3v) is 4.45. The number of rotatable bonds is 6. The lowest BCUT2D eigenvalue weighted by Crippen LogP contribution is -2.09. The summed E-state index contributed by atoms with van der Waals surface area (Å²) in [5.41, 5.74) is 9.48. The molecule has 0 bridgehead atoms. The molecule has 27 heavy (non-hydrogen) atoms. The zero-order valence-corrected chi connectivity index (χ0v) is 15.0. The van der Waals surface area contributed by atoms with E-state index >= 15 is 0 Å². The van der Waals surface area contributed by atoms with Gasteiger partial charge < -0.3 is 16.4 Å². The molecule has 0 radical (unpaired) electrons. The quantitative estimate of drug-likeness (QED) is 0.391. The third kappa shape index (κ3) is 3.67. The first-order chi connectivity index (χ1) is 13.2. The van der Waals surface area contributed by atoms with Gasteiger partial charge in [-0.15, -0.1) is 0 Å². The molecule has 0 aliphatic rings. The molecule has 2 heterocycles. The number of hydrogen-bond donors (Lipinski definition) is 4. The molecular formula is C20H21N7. The van der Waals surface area contributed by atoms with Gasteiger partial charge in [0.25, 0.3) is 0 Å². The van der Waals surface area contributed by atoms with Gasteiger partial charge in [0.1, 0.15) is 17.5 Å². The summed E-state index contributed by atoms with van der Waals surface area (Å²) in [4.78, 5) is 8.72. The first-order valence-electron chi connectivity index (χ1n) is 8.79. The van der Waals surface area contributed by atoms with Gasteiger partial charge in [0, 0.05) is 18.3 Å².